The molecule has 0 radical (unpaired) electrons. The fourth-order valence-corrected chi connectivity index (χ4v) is 5.56. The van der Waals surface area contributed by atoms with Crippen LogP contribution in [0.1, 0.15) is 134 Å². The van der Waals surface area contributed by atoms with E-state index in [0.29, 0.717) is 23.2 Å². The van der Waals surface area contributed by atoms with Crippen LogP contribution in [0.15, 0.2) is 0 Å². The summed E-state index contributed by atoms with van der Waals surface area (Å²) in [4.78, 5) is 10.3. The molecule has 0 fully saturated rings. The zero-order valence-electron chi connectivity index (χ0n) is 27.7. The molecule has 0 aliphatic carbocycles. The fraction of sp³-hybridized carbons (Fsp3) is 0.970. The third-order valence-corrected chi connectivity index (χ3v) is 10.2. The lowest BCUT2D eigenvalue weighted by Gasteiger charge is -2.48. The summed E-state index contributed by atoms with van der Waals surface area (Å²) in [7, 11) is -0.708. The van der Waals surface area contributed by atoms with Gasteiger partial charge in [-0.25, -0.2) is 0 Å². The van der Waals surface area contributed by atoms with E-state index < -0.39 is 20.9 Å². The van der Waals surface area contributed by atoms with Crippen LogP contribution in [0.25, 0.3) is 0 Å². The van der Waals surface area contributed by atoms with Gasteiger partial charge in [0, 0.05) is 15.3 Å². The summed E-state index contributed by atoms with van der Waals surface area (Å²) in [6.07, 6.45) is -4.10. The molecule has 16 N–H and O–H groups in total. The van der Waals surface area contributed by atoms with Crippen molar-refractivity contribution in [3.8, 4) is 0 Å². The van der Waals surface area contributed by atoms with Gasteiger partial charge in [-0.3, -0.25) is 4.79 Å². The van der Waals surface area contributed by atoms with Crippen molar-refractivity contribution in [2.24, 2.45) is 46.3 Å². The summed E-state index contributed by atoms with van der Waals surface area (Å²) in [5.74, 6) is 2.76. The van der Waals surface area contributed by atoms with Crippen LogP contribution in [-0.2, 0) is 4.79 Å². The van der Waals surface area contributed by atoms with E-state index in [1.54, 1.807) is 0 Å². The Bertz CT molecular complexity index is 573. The highest BCUT2D eigenvalue weighted by Crippen LogP contribution is 2.49. The van der Waals surface area contributed by atoms with Gasteiger partial charge in [-0.2, -0.15) is 13.2 Å². The number of rotatable bonds is 10. The van der Waals surface area contributed by atoms with Crippen LogP contribution < -0.4 is 36.1 Å². The molecule has 44 heavy (non-hydrogen) atoms. The maximum atomic E-state index is 11.6. The second-order valence-electron chi connectivity index (χ2n) is 12.8. The molecule has 7 nitrogen and oxygen atoms in total. The van der Waals surface area contributed by atoms with Crippen LogP contribution in [0, 0.1) is 46.3 Å². The summed E-state index contributed by atoms with van der Waals surface area (Å²) in [6.45, 7) is 33.5. The third kappa shape index (κ3) is 31.3. The van der Waals surface area contributed by atoms with Gasteiger partial charge in [-0.05, 0) is 52.8 Å². The van der Waals surface area contributed by atoms with Crippen molar-refractivity contribution in [1.82, 2.24) is 36.1 Å². The zero-order chi connectivity index (χ0) is 26.9. The molecular weight excluding hydrogens is 581 g/mol. The molecular formula is C33H95F3N6OSi. The Kier molecular flexibility index (Phi) is 67.4. The lowest BCUT2D eigenvalue weighted by Crippen LogP contribution is -2.41. The van der Waals surface area contributed by atoms with Crippen molar-refractivity contribution in [2.45, 2.75) is 159 Å². The maximum absolute atomic E-state index is 11.6. The van der Waals surface area contributed by atoms with Gasteiger partial charge < -0.3 is 36.1 Å². The van der Waals surface area contributed by atoms with E-state index in [0.717, 1.165) is 35.6 Å². The molecule has 0 rings (SSSR count). The monoisotopic (exact) mass is 677 g/mol. The Morgan fingerprint density at radius 1 is 0.659 bits per heavy atom. The third-order valence-electron chi connectivity index (χ3n) is 8.59. The summed E-state index contributed by atoms with van der Waals surface area (Å²) in [6, 6.07) is 0.956. The topological polar surface area (TPSA) is 204 Å². The highest BCUT2D eigenvalue weighted by atomic mass is 28.3. The van der Waals surface area contributed by atoms with Gasteiger partial charge in [0.2, 0.25) is 0 Å². The summed E-state index contributed by atoms with van der Waals surface area (Å²) in [5.41, 5.74) is 0.757. The van der Waals surface area contributed by atoms with Gasteiger partial charge in [0.25, 0.3) is 0 Å². The minimum absolute atomic E-state index is 0. The SMILES string of the molecule is C.C.C.C.C.C.CC(C)C(C)C(C)C(C)C(C)C(C)(C)C(C)C(C)(C)C.C[SiH](C)CCCNC(=O)C(F)(F)F.N.N.N.N.N. The van der Waals surface area contributed by atoms with Crippen molar-refractivity contribution in [1.29, 1.82) is 0 Å². The van der Waals surface area contributed by atoms with Crippen LogP contribution in [-0.4, -0.2) is 27.4 Å². The lowest BCUT2D eigenvalue weighted by molar-refractivity contribution is -0.173. The van der Waals surface area contributed by atoms with Crippen molar-refractivity contribution in [3.05, 3.63) is 0 Å². The number of nitrogens with one attached hydrogen (secondary N) is 1. The van der Waals surface area contributed by atoms with Crippen LogP contribution >= 0.6 is 0 Å². The van der Waals surface area contributed by atoms with Crippen LogP contribution in [0.3, 0.4) is 0 Å². The Labute approximate surface area is 280 Å². The lowest BCUT2D eigenvalue weighted by atomic mass is 9.57. The van der Waals surface area contributed by atoms with Gasteiger partial charge in [-0.1, -0.05) is 147 Å². The number of amides is 1. The van der Waals surface area contributed by atoms with Crippen LogP contribution in [0.4, 0.5) is 13.2 Å². The highest BCUT2D eigenvalue weighted by Gasteiger charge is 2.42. The number of carbonyl (C=O) groups is 1. The van der Waals surface area contributed by atoms with E-state index in [2.05, 4.69) is 96.2 Å². The average Bonchev–Trinajstić information content (AvgIpc) is 2.66. The van der Waals surface area contributed by atoms with E-state index in [-0.39, 0.29) is 81.9 Å². The molecule has 0 aliphatic heterocycles. The maximum Gasteiger partial charge on any atom is 0.471 e. The summed E-state index contributed by atoms with van der Waals surface area (Å²) in [5, 5.41) is 1.84. The van der Waals surface area contributed by atoms with E-state index >= 15 is 0 Å². The molecule has 5 unspecified atom stereocenters. The van der Waals surface area contributed by atoms with Crippen molar-refractivity contribution in [2.75, 3.05) is 6.54 Å². The summed E-state index contributed by atoms with van der Waals surface area (Å²) < 4.78 is 34.9. The number of alkyl halides is 3. The predicted molar refractivity (Wildman–Crippen MR) is 207 cm³/mol. The number of hydrogen-bond donors (Lipinski definition) is 6. The molecule has 0 aromatic rings. The second-order valence-corrected chi connectivity index (χ2v) is 16.2. The largest absolute Gasteiger partial charge is 0.471 e. The highest BCUT2D eigenvalue weighted by molar-refractivity contribution is 6.55. The van der Waals surface area contributed by atoms with Crippen molar-refractivity contribution < 1.29 is 18.0 Å². The van der Waals surface area contributed by atoms with E-state index in [4.69, 9.17) is 0 Å². The molecule has 0 aliphatic rings. The molecule has 0 heterocycles. The molecule has 0 bridgehead atoms. The minimum atomic E-state index is -4.74. The summed E-state index contributed by atoms with van der Waals surface area (Å²) >= 11 is 0. The van der Waals surface area contributed by atoms with Gasteiger partial charge in [0.15, 0.2) is 0 Å². The van der Waals surface area contributed by atoms with Gasteiger partial charge >= 0.3 is 12.1 Å². The van der Waals surface area contributed by atoms with E-state index in [1.807, 2.05) is 5.32 Å². The standard InChI is InChI=1S/C20H42.C7H14F3NOSi.6CH4.5H3N/c1-13(2)14(3)15(4)16(5)17(6)20(11,12)18(7)19(8,9)10;1-13(2)5-3-4-11-6(12)7(8,9)10;;;;;;;;;;;/h13-18H,1-12H3;13H,3-5H2,1-2H3,(H,11,12);6*1H4;5*1H3. The van der Waals surface area contributed by atoms with Crippen LogP contribution in [0.5, 0.6) is 0 Å². The predicted octanol–water partition coefficient (Wildman–Crippen LogP) is 13.1. The first kappa shape index (κ1) is 84.4. The van der Waals surface area contributed by atoms with Crippen molar-refractivity contribution in [3.63, 3.8) is 0 Å². The molecule has 5 atom stereocenters. The Hall–Kier alpha value is -0.723. The van der Waals surface area contributed by atoms with Gasteiger partial charge in [0.1, 0.15) is 0 Å². The molecule has 0 saturated heterocycles. The first-order valence-corrected chi connectivity index (χ1v) is 16.1. The van der Waals surface area contributed by atoms with Gasteiger partial charge in [0.05, 0.1) is 0 Å². The Balaban J connectivity index is -0.0000000332. The quantitative estimate of drug-likeness (QED) is 0.0979. The number of halogens is 3. The molecule has 0 aromatic heterocycles. The first-order valence-electron chi connectivity index (χ1n) is 12.9. The smallest absolute Gasteiger partial charge is 0.348 e. The Morgan fingerprint density at radius 3 is 1.25 bits per heavy atom. The molecule has 0 spiro atoms. The first-order chi connectivity index (χ1) is 14.6. The molecule has 288 valence electrons. The molecule has 0 saturated carbocycles. The van der Waals surface area contributed by atoms with E-state index in [9.17, 15) is 18.0 Å². The van der Waals surface area contributed by atoms with Crippen molar-refractivity contribution >= 4 is 14.7 Å². The number of hydrogen-bond acceptors (Lipinski definition) is 6. The normalized spacial score (nSPS) is 13.2. The molecule has 1 amide bonds. The molecule has 11 heteroatoms. The Morgan fingerprint density at radius 2 is 1.00 bits per heavy atom. The second kappa shape index (κ2) is 35.1. The number of carbonyl (C=O) groups excluding carboxylic acids is 1. The minimum Gasteiger partial charge on any atom is -0.348 e. The van der Waals surface area contributed by atoms with Gasteiger partial charge in [-0.15, -0.1) is 0 Å². The zero-order valence-corrected chi connectivity index (χ0v) is 28.9. The molecule has 0 aromatic carbocycles. The van der Waals surface area contributed by atoms with E-state index in [1.165, 1.54) is 0 Å². The fourth-order valence-electron chi connectivity index (χ4n) is 4.54. The van der Waals surface area contributed by atoms with Crippen LogP contribution in [0.2, 0.25) is 19.1 Å². The average molecular weight is 677 g/mol.